The number of nitrogens with two attached hydrogens (primary N) is 1. The molecule has 34 heteroatoms. The molecule has 3 atom stereocenters. The highest BCUT2D eigenvalue weighted by Gasteiger charge is 2.36. The largest absolute Gasteiger partial charge is 0.496 e. The van der Waals surface area contributed by atoms with Gasteiger partial charge in [0.25, 0.3) is 0 Å². The molecule has 0 bridgehead atoms. The van der Waals surface area contributed by atoms with Crippen molar-refractivity contribution in [1.82, 2.24) is 40.8 Å². The number of hydrogen-bond acceptors (Lipinski definition) is 25. The van der Waals surface area contributed by atoms with Crippen LogP contribution in [0.2, 0.25) is 5.02 Å². The third-order valence-electron chi connectivity index (χ3n) is 23.1. The summed E-state index contributed by atoms with van der Waals surface area (Å²) in [5.74, 6) is -1.40. The summed E-state index contributed by atoms with van der Waals surface area (Å²) < 4.78 is 96.4. The Bertz CT molecular complexity index is 5400. The van der Waals surface area contributed by atoms with Crippen molar-refractivity contribution in [1.29, 1.82) is 0 Å². The van der Waals surface area contributed by atoms with E-state index in [9.17, 15) is 33.5 Å². The molecule has 7 N–H and O–H groups in total. The number of alkyl carbamates (subject to hydrolysis) is 1. The lowest BCUT2D eigenvalue weighted by Crippen LogP contribution is -2.57. The van der Waals surface area contributed by atoms with Gasteiger partial charge in [0.05, 0.1) is 155 Å². The quantitative estimate of drug-likeness (QED) is 0.0152. The number of aryl methyl sites for hydroxylation is 1. The molecule has 5 amide bonds. The zero-order chi connectivity index (χ0) is 94.4. The predicted molar refractivity (Wildman–Crippen MR) is 508 cm³/mol. The van der Waals surface area contributed by atoms with E-state index in [-0.39, 0.29) is 50.8 Å². The summed E-state index contributed by atoms with van der Waals surface area (Å²) in [5.41, 5.74) is 16.7. The molecular formula is C100H122ClFN11O20S+. The van der Waals surface area contributed by atoms with Gasteiger partial charge in [-0.3, -0.25) is 14.5 Å². The molecule has 0 saturated carbocycles. The van der Waals surface area contributed by atoms with Crippen LogP contribution in [0.1, 0.15) is 78.1 Å². The number of fused-ring (bicyclic) bond motifs is 4. The summed E-state index contributed by atoms with van der Waals surface area (Å²) in [5, 5.41) is 23.1. The van der Waals surface area contributed by atoms with Crippen LogP contribution in [0.5, 0.6) is 23.1 Å². The maximum absolute atomic E-state index is 14.7. The van der Waals surface area contributed by atoms with Crippen LogP contribution in [0.25, 0.3) is 54.3 Å². The number of nitrogens with one attached hydrogen (secondary N) is 4. The Labute approximate surface area is 790 Å². The van der Waals surface area contributed by atoms with Crippen LogP contribution in [0.3, 0.4) is 0 Å². The number of hydrogen-bond donors (Lipinski definition) is 6. The Hall–Kier alpha value is -11.4. The summed E-state index contributed by atoms with van der Waals surface area (Å²) in [6, 6.07) is 45.2. The number of halogens is 2. The zero-order valence-corrected chi connectivity index (χ0v) is 78.4. The van der Waals surface area contributed by atoms with Gasteiger partial charge < -0.3 is 103 Å². The van der Waals surface area contributed by atoms with Crippen LogP contribution in [-0.2, 0) is 87.7 Å². The van der Waals surface area contributed by atoms with Gasteiger partial charge >= 0.3 is 18.1 Å². The molecule has 1 saturated heterocycles. The van der Waals surface area contributed by atoms with E-state index in [4.69, 9.17) is 88.6 Å². The molecule has 12 rings (SSSR count). The van der Waals surface area contributed by atoms with Crippen LogP contribution in [0.15, 0.2) is 170 Å². The van der Waals surface area contributed by atoms with Gasteiger partial charge in [0.15, 0.2) is 5.82 Å². The van der Waals surface area contributed by atoms with E-state index in [2.05, 4.69) is 60.3 Å². The van der Waals surface area contributed by atoms with Crippen LogP contribution in [0, 0.1) is 18.7 Å². The number of anilines is 1. The molecule has 1 fully saturated rings. The average Bonchev–Trinajstić information content (AvgIpc) is 1.59. The number of para-hydroxylation sites is 2. The molecule has 4 heterocycles. The van der Waals surface area contributed by atoms with E-state index in [0.29, 0.717) is 237 Å². The lowest BCUT2D eigenvalue weighted by atomic mass is 9.96. The molecule has 31 nitrogen and oxygen atoms in total. The number of carboxylic acid groups (broad SMARTS) is 1. The van der Waals surface area contributed by atoms with Crippen molar-refractivity contribution in [2.75, 3.05) is 191 Å². The summed E-state index contributed by atoms with van der Waals surface area (Å²) >= 11 is 8.69. The van der Waals surface area contributed by atoms with Crippen molar-refractivity contribution in [3.05, 3.63) is 220 Å². The number of amides is 5. The molecule has 7 aromatic carbocycles. The molecule has 0 unspecified atom stereocenters. The number of carboxylic acids is 1. The number of likely N-dealkylation sites (N-methyl/N-ethyl adjacent to an activating group) is 1. The molecule has 134 heavy (non-hydrogen) atoms. The number of primary amides is 1. The number of benzene rings is 7. The first-order valence-electron chi connectivity index (χ1n) is 45.3. The first kappa shape index (κ1) is 102. The Kier molecular flexibility index (Phi) is 40.2. The van der Waals surface area contributed by atoms with E-state index in [1.807, 2.05) is 97.9 Å². The normalized spacial score (nSPS) is 13.6. The lowest BCUT2D eigenvalue weighted by molar-refractivity contribution is -0.926. The van der Waals surface area contributed by atoms with Gasteiger partial charge in [-0.15, -0.1) is 11.3 Å². The molecule has 1 aliphatic carbocycles. The number of carbonyl (C=O) groups is 5. The second-order valence-corrected chi connectivity index (χ2v) is 34.3. The first-order chi connectivity index (χ1) is 65.2. The number of thiophene rings is 1. The van der Waals surface area contributed by atoms with Crippen LogP contribution in [-0.4, -0.2) is 269 Å². The fraction of sp³-hybridized carbons (Fsp3) is 0.430. The second kappa shape index (κ2) is 53.0. The highest BCUT2D eigenvalue weighted by molar-refractivity contribution is 7.22. The van der Waals surface area contributed by atoms with Gasteiger partial charge in [0.1, 0.15) is 72.7 Å². The lowest BCUT2D eigenvalue weighted by Gasteiger charge is -2.42. The Morgan fingerprint density at radius 2 is 1.23 bits per heavy atom. The summed E-state index contributed by atoms with van der Waals surface area (Å²) in [6.07, 6.45) is 2.27. The number of rotatable bonds is 58. The minimum atomic E-state index is -1.46. The minimum absolute atomic E-state index is 0.0183. The fourth-order valence-corrected chi connectivity index (χ4v) is 17.3. The maximum Gasteiger partial charge on any atom is 0.407 e. The summed E-state index contributed by atoms with van der Waals surface area (Å²) in [6.45, 7) is 18.0. The second-order valence-electron chi connectivity index (χ2n) is 32.9. The standard InChI is InChI=1S/C100H121ClFN11O20S/c1-67(2)91(111-100(119)132-65-82-79-21-10-8-19-77(79)78-20-9-11-22-80(78)82)95(115)110-83(24-15-36-105-99(103)118)94(114)109-74-32-29-72(70(61-74)18-16-43-122-47-48-124-51-52-126-55-56-128-59-60-129-58-57-127-54-53-125-50-49-123-46-45-120-5)63-113(4)41-38-112(39-42-113)40-44-130-86-34-33-76(68(3)90(86)101)88-89-96(106-66-107-97(89)134-92(88)69-27-30-73(102)31-28-69)133-87(98(116)117)62-71-17-7-13-25-84(71)131-64-75-35-37-104-93(108-75)81-23-12-14-26-85(81)121-6/h7-14,17,19-23,25-35,37,61,66-67,82-83,87,91H,15-16,18,24,36,38-60,62-65H2,1-6H3,(H6-,103,105,109,110,111,114,115,116,117,118,119)/p+1/t83-,87+,91-/m0/s1. The van der Waals surface area contributed by atoms with Gasteiger partial charge in [-0.2, -0.15) is 0 Å². The number of aliphatic carboxylic acids is 1. The zero-order valence-electron chi connectivity index (χ0n) is 76.8. The number of aromatic nitrogens is 4. The number of methoxy groups -OCH3 is 2. The molecule has 3 aromatic heterocycles. The molecule has 10 aromatic rings. The topological polar surface area (TPSA) is 364 Å². The van der Waals surface area contributed by atoms with Crippen LogP contribution >= 0.6 is 22.9 Å². The van der Waals surface area contributed by atoms with Crippen molar-refractivity contribution in [2.24, 2.45) is 11.7 Å². The van der Waals surface area contributed by atoms with Gasteiger partial charge in [0, 0.05) is 80.1 Å². The van der Waals surface area contributed by atoms with Gasteiger partial charge in [0.2, 0.25) is 23.8 Å². The average molecular weight is 1880 g/mol. The van der Waals surface area contributed by atoms with Crippen LogP contribution < -0.4 is 45.9 Å². The minimum Gasteiger partial charge on any atom is -0.496 e. The van der Waals surface area contributed by atoms with E-state index in [0.717, 1.165) is 59.6 Å². The molecule has 1 aliphatic heterocycles. The predicted octanol–water partition coefficient (Wildman–Crippen LogP) is 13.7. The number of carbonyl (C=O) groups excluding carboxylic acids is 4. The first-order valence-corrected chi connectivity index (χ1v) is 46.5. The Balaban J connectivity index is 0.661. The van der Waals surface area contributed by atoms with Gasteiger partial charge in [-0.1, -0.05) is 129 Å². The van der Waals surface area contributed by atoms with Gasteiger partial charge in [-0.05, 0) is 143 Å². The van der Waals surface area contributed by atoms with Crippen molar-refractivity contribution in [3.8, 4) is 67.2 Å². The fourth-order valence-electron chi connectivity index (χ4n) is 15.9. The van der Waals surface area contributed by atoms with Crippen molar-refractivity contribution >= 4 is 68.7 Å². The SMILES string of the molecule is COCCOCCOCCOCCOCCOCCOCCOCCOCCCc1cc(NC(=O)[C@H](CCCNC(N)=O)NC(=O)[C@@H](NC(=O)OCC2c3ccccc3-c3ccccc32)C(C)C)ccc1C[N+]1(C)CCN(CCOc2ccc(-c3c(-c4ccc(F)cc4)sc4ncnc(O[C@H](Cc5ccccc5OCc5ccnc(-c6ccccc6OC)n5)C(=O)O)c34)c(C)c2Cl)CC1. The van der Waals surface area contributed by atoms with E-state index >= 15 is 0 Å². The number of nitrogens with zero attached hydrogens (tertiary/aromatic N) is 6. The van der Waals surface area contributed by atoms with Crippen molar-refractivity contribution in [2.45, 2.75) is 90.1 Å². The van der Waals surface area contributed by atoms with E-state index < -0.39 is 59.8 Å². The molecule has 716 valence electrons. The van der Waals surface area contributed by atoms with Crippen molar-refractivity contribution in [3.63, 3.8) is 0 Å². The monoisotopic (exact) mass is 1880 g/mol. The summed E-state index contributed by atoms with van der Waals surface area (Å²) in [7, 11) is 5.46. The highest BCUT2D eigenvalue weighted by Crippen LogP contribution is 2.50. The highest BCUT2D eigenvalue weighted by atomic mass is 35.5. The van der Waals surface area contributed by atoms with E-state index in [1.165, 1.54) is 29.8 Å². The van der Waals surface area contributed by atoms with Crippen LogP contribution in [0.4, 0.5) is 19.7 Å². The van der Waals surface area contributed by atoms with Crippen molar-refractivity contribution < 1.29 is 104 Å². The Morgan fingerprint density at radius 1 is 0.627 bits per heavy atom. The van der Waals surface area contributed by atoms with Gasteiger partial charge in [-0.25, -0.2) is 38.7 Å². The number of ether oxygens (including phenoxy) is 14. The molecule has 2 aliphatic rings. The molecular weight excluding hydrogens is 1760 g/mol. The number of quaternary nitrogens is 1. The summed E-state index contributed by atoms with van der Waals surface area (Å²) in [4.78, 5) is 90.0. The third kappa shape index (κ3) is 30.0. The smallest absolute Gasteiger partial charge is 0.407 e. The molecule has 0 spiro atoms. The molecule has 0 radical (unpaired) electrons. The maximum atomic E-state index is 14.7. The number of piperazine rings is 1. The van der Waals surface area contributed by atoms with E-state index in [1.54, 1.807) is 76.7 Å². The Morgan fingerprint density at radius 3 is 1.85 bits per heavy atom. The number of urea groups is 1. The third-order valence-corrected chi connectivity index (χ3v) is 24.7.